The summed E-state index contributed by atoms with van der Waals surface area (Å²) in [7, 11) is 1.92. The summed E-state index contributed by atoms with van der Waals surface area (Å²) in [5, 5.41) is 8.50. The van der Waals surface area contributed by atoms with E-state index in [9.17, 15) is 0 Å². The average molecular weight is 264 g/mol. The molecule has 0 fully saturated rings. The second-order valence-electron chi connectivity index (χ2n) is 4.64. The first-order valence-electron chi connectivity index (χ1n) is 6.10. The molecule has 0 aliphatic heterocycles. The quantitative estimate of drug-likeness (QED) is 0.917. The van der Waals surface area contributed by atoms with E-state index in [4.69, 9.17) is 11.6 Å². The second kappa shape index (κ2) is 5.55. The Bertz CT molecular complexity index is 532. The Hall–Kier alpha value is -1.32. The number of hydrogen-bond donors (Lipinski definition) is 1. The molecule has 2 rings (SSSR count). The van der Waals surface area contributed by atoms with Crippen molar-refractivity contribution in [2.75, 3.05) is 7.05 Å². The number of benzene rings is 1. The van der Waals surface area contributed by atoms with Crippen molar-refractivity contribution < 1.29 is 0 Å². The first kappa shape index (κ1) is 13.1. The fourth-order valence-electron chi connectivity index (χ4n) is 1.89. The molecule has 0 aliphatic carbocycles. The number of rotatable bonds is 4. The molecule has 0 radical (unpaired) electrons. The number of nitrogens with one attached hydrogen (secondary N) is 1. The summed E-state index contributed by atoms with van der Waals surface area (Å²) in [6.45, 7) is 5.05. The van der Waals surface area contributed by atoms with Gasteiger partial charge in [0, 0.05) is 17.8 Å². The molecule has 2 aromatic rings. The Balaban J connectivity index is 2.42. The maximum atomic E-state index is 6.04. The summed E-state index contributed by atoms with van der Waals surface area (Å²) in [5.41, 5.74) is 3.31. The Morgan fingerprint density at radius 1 is 1.33 bits per heavy atom. The summed E-state index contributed by atoms with van der Waals surface area (Å²) in [5.74, 6) is 0.436. The van der Waals surface area contributed by atoms with E-state index in [-0.39, 0.29) is 0 Å². The summed E-state index contributed by atoms with van der Waals surface area (Å²) in [6.07, 6.45) is 2.00. The summed E-state index contributed by atoms with van der Waals surface area (Å²) in [4.78, 5) is 0. The van der Waals surface area contributed by atoms with Crippen molar-refractivity contribution in [2.45, 2.75) is 26.3 Å². The third kappa shape index (κ3) is 2.74. The maximum absolute atomic E-state index is 6.04. The number of halogens is 1. The molecule has 0 aliphatic rings. The van der Waals surface area contributed by atoms with Crippen molar-refractivity contribution >= 4 is 11.6 Å². The van der Waals surface area contributed by atoms with Gasteiger partial charge in [0.25, 0.3) is 0 Å². The van der Waals surface area contributed by atoms with Crippen LogP contribution in [0.3, 0.4) is 0 Å². The molecule has 0 amide bonds. The molecule has 4 heteroatoms. The van der Waals surface area contributed by atoms with Gasteiger partial charge in [0.05, 0.1) is 11.4 Å². The zero-order chi connectivity index (χ0) is 13.1. The summed E-state index contributed by atoms with van der Waals surface area (Å²) >= 11 is 6.04. The number of aromatic nitrogens is 2. The van der Waals surface area contributed by atoms with Crippen LogP contribution in [0.15, 0.2) is 30.5 Å². The van der Waals surface area contributed by atoms with Crippen LogP contribution in [0.5, 0.6) is 0 Å². The van der Waals surface area contributed by atoms with Crippen LogP contribution in [0.1, 0.15) is 31.0 Å². The lowest BCUT2D eigenvalue weighted by Crippen LogP contribution is -2.09. The van der Waals surface area contributed by atoms with E-state index >= 15 is 0 Å². The molecule has 96 valence electrons. The highest BCUT2D eigenvalue weighted by Gasteiger charge is 2.08. The van der Waals surface area contributed by atoms with E-state index in [2.05, 4.69) is 30.3 Å². The van der Waals surface area contributed by atoms with Crippen LogP contribution in [0.2, 0.25) is 5.02 Å². The number of hydrogen-bond acceptors (Lipinski definition) is 2. The smallest absolute Gasteiger partial charge is 0.0691 e. The largest absolute Gasteiger partial charge is 0.316 e. The minimum absolute atomic E-state index is 0.436. The van der Waals surface area contributed by atoms with Gasteiger partial charge in [0.1, 0.15) is 0 Å². The average Bonchev–Trinajstić information content (AvgIpc) is 2.79. The van der Waals surface area contributed by atoms with Gasteiger partial charge in [-0.3, -0.25) is 0 Å². The van der Waals surface area contributed by atoms with E-state index in [1.807, 2.05) is 36.1 Å². The third-order valence-electron chi connectivity index (χ3n) is 2.86. The predicted molar refractivity (Wildman–Crippen MR) is 75.4 cm³/mol. The van der Waals surface area contributed by atoms with Gasteiger partial charge in [-0.15, -0.1) is 0 Å². The van der Waals surface area contributed by atoms with Crippen molar-refractivity contribution in [3.8, 4) is 5.69 Å². The molecule has 0 atom stereocenters. The molecule has 3 nitrogen and oxygen atoms in total. The van der Waals surface area contributed by atoms with Crippen LogP contribution < -0.4 is 5.32 Å². The zero-order valence-electron chi connectivity index (χ0n) is 10.9. The molecule has 0 spiro atoms. The minimum Gasteiger partial charge on any atom is -0.316 e. The molecule has 1 aromatic carbocycles. The van der Waals surface area contributed by atoms with Crippen LogP contribution in [0.4, 0.5) is 0 Å². The molecule has 1 heterocycles. The highest BCUT2D eigenvalue weighted by atomic mass is 35.5. The van der Waals surface area contributed by atoms with E-state index in [0.29, 0.717) is 5.92 Å². The first-order chi connectivity index (χ1) is 8.61. The van der Waals surface area contributed by atoms with E-state index < -0.39 is 0 Å². The van der Waals surface area contributed by atoms with Gasteiger partial charge in [-0.25, -0.2) is 4.68 Å². The van der Waals surface area contributed by atoms with Crippen LogP contribution in [-0.4, -0.2) is 16.8 Å². The molecule has 1 aromatic heterocycles. The van der Waals surface area contributed by atoms with Crippen LogP contribution in [-0.2, 0) is 6.54 Å². The Labute approximate surface area is 113 Å². The van der Waals surface area contributed by atoms with Crippen LogP contribution >= 0.6 is 11.6 Å². The lowest BCUT2D eigenvalue weighted by atomic mass is 10.1. The first-order valence-corrected chi connectivity index (χ1v) is 6.48. The van der Waals surface area contributed by atoms with Gasteiger partial charge in [-0.05, 0) is 42.8 Å². The van der Waals surface area contributed by atoms with E-state index in [1.54, 1.807) is 0 Å². The van der Waals surface area contributed by atoms with Crippen molar-refractivity contribution in [1.82, 2.24) is 15.1 Å². The predicted octanol–water partition coefficient (Wildman–Crippen LogP) is 3.37. The van der Waals surface area contributed by atoms with Gasteiger partial charge >= 0.3 is 0 Å². The summed E-state index contributed by atoms with van der Waals surface area (Å²) < 4.78 is 1.92. The van der Waals surface area contributed by atoms with Crippen molar-refractivity contribution in [3.63, 3.8) is 0 Å². The molecular formula is C14H18ClN3. The molecular weight excluding hydrogens is 246 g/mol. The van der Waals surface area contributed by atoms with Crippen molar-refractivity contribution in [2.24, 2.45) is 0 Å². The lowest BCUT2D eigenvalue weighted by Gasteiger charge is -2.10. The minimum atomic E-state index is 0.436. The Morgan fingerprint density at radius 3 is 2.72 bits per heavy atom. The molecule has 0 saturated heterocycles. The second-order valence-corrected chi connectivity index (χ2v) is 5.08. The van der Waals surface area contributed by atoms with Crippen LogP contribution in [0, 0.1) is 0 Å². The van der Waals surface area contributed by atoms with Gasteiger partial charge in [0.2, 0.25) is 0 Å². The van der Waals surface area contributed by atoms with Crippen molar-refractivity contribution in [3.05, 3.63) is 46.7 Å². The molecule has 18 heavy (non-hydrogen) atoms. The highest BCUT2D eigenvalue weighted by Crippen LogP contribution is 2.21. The topological polar surface area (TPSA) is 29.9 Å². The SMILES string of the molecule is CNCc1cc(Cl)ccc1-n1ccc(C(C)C)n1. The van der Waals surface area contributed by atoms with E-state index in [0.717, 1.165) is 28.5 Å². The fourth-order valence-corrected chi connectivity index (χ4v) is 2.08. The molecule has 0 saturated carbocycles. The summed E-state index contributed by atoms with van der Waals surface area (Å²) in [6, 6.07) is 7.94. The number of nitrogens with zero attached hydrogens (tertiary/aromatic N) is 2. The molecule has 1 N–H and O–H groups in total. The zero-order valence-corrected chi connectivity index (χ0v) is 11.7. The van der Waals surface area contributed by atoms with Gasteiger partial charge in [-0.2, -0.15) is 5.10 Å². The maximum Gasteiger partial charge on any atom is 0.0691 e. The van der Waals surface area contributed by atoms with Gasteiger partial charge < -0.3 is 5.32 Å². The molecule has 0 unspecified atom stereocenters. The van der Waals surface area contributed by atoms with Gasteiger partial charge in [0.15, 0.2) is 0 Å². The van der Waals surface area contributed by atoms with Crippen molar-refractivity contribution in [1.29, 1.82) is 0 Å². The van der Waals surface area contributed by atoms with E-state index in [1.165, 1.54) is 0 Å². The highest BCUT2D eigenvalue weighted by molar-refractivity contribution is 6.30. The third-order valence-corrected chi connectivity index (χ3v) is 3.09. The van der Waals surface area contributed by atoms with Crippen LogP contribution in [0.25, 0.3) is 5.69 Å². The molecule has 0 bridgehead atoms. The van der Waals surface area contributed by atoms with Gasteiger partial charge in [-0.1, -0.05) is 25.4 Å². The normalized spacial score (nSPS) is 11.2. The monoisotopic (exact) mass is 263 g/mol. The standard InChI is InChI=1S/C14H18ClN3/c1-10(2)13-6-7-18(17-13)14-5-4-12(15)8-11(14)9-16-3/h4-8,10,16H,9H2,1-3H3. The Kier molecular flexibility index (Phi) is 4.04. The fraction of sp³-hybridized carbons (Fsp3) is 0.357. The Morgan fingerprint density at radius 2 is 2.11 bits per heavy atom. The lowest BCUT2D eigenvalue weighted by molar-refractivity contribution is 0.751.